The predicted octanol–water partition coefficient (Wildman–Crippen LogP) is 1.78. The Morgan fingerprint density at radius 2 is 2.05 bits per heavy atom. The first kappa shape index (κ1) is 13.9. The van der Waals surface area contributed by atoms with E-state index in [0.29, 0.717) is 25.4 Å². The fraction of sp³-hybridized carbons (Fsp3) is 0.533. The van der Waals surface area contributed by atoms with Crippen LogP contribution in [0.1, 0.15) is 25.8 Å². The van der Waals surface area contributed by atoms with Gasteiger partial charge in [0.05, 0.1) is 6.10 Å². The molecule has 1 amide bonds. The summed E-state index contributed by atoms with van der Waals surface area (Å²) in [4.78, 5) is 13.7. The van der Waals surface area contributed by atoms with Crippen LogP contribution < -0.4 is 10.5 Å². The number of rotatable bonds is 5. The minimum Gasteiger partial charge on any atom is -0.491 e. The SMILES string of the molecule is CC(C)Oc1ccc(CN2CC(CN)CC2=O)cc1. The van der Waals surface area contributed by atoms with Crippen LogP contribution >= 0.6 is 0 Å². The van der Waals surface area contributed by atoms with E-state index in [1.807, 2.05) is 43.0 Å². The molecule has 1 saturated heterocycles. The summed E-state index contributed by atoms with van der Waals surface area (Å²) >= 11 is 0. The Labute approximate surface area is 114 Å². The molecule has 0 aromatic heterocycles. The van der Waals surface area contributed by atoms with Gasteiger partial charge in [0.15, 0.2) is 0 Å². The van der Waals surface area contributed by atoms with Crippen molar-refractivity contribution in [1.82, 2.24) is 4.90 Å². The second-order valence-electron chi connectivity index (χ2n) is 5.39. The molecule has 0 saturated carbocycles. The molecule has 2 N–H and O–H groups in total. The van der Waals surface area contributed by atoms with Crippen LogP contribution in [0.25, 0.3) is 0 Å². The number of nitrogens with zero attached hydrogens (tertiary/aromatic N) is 1. The summed E-state index contributed by atoms with van der Waals surface area (Å²) < 4.78 is 5.60. The molecule has 1 aliphatic heterocycles. The third-order valence-electron chi connectivity index (χ3n) is 3.30. The van der Waals surface area contributed by atoms with Gasteiger partial charge in [-0.2, -0.15) is 0 Å². The highest BCUT2D eigenvalue weighted by molar-refractivity contribution is 5.78. The maximum absolute atomic E-state index is 11.8. The molecule has 1 unspecified atom stereocenters. The van der Waals surface area contributed by atoms with Crippen molar-refractivity contribution in [3.05, 3.63) is 29.8 Å². The van der Waals surface area contributed by atoms with E-state index in [-0.39, 0.29) is 12.0 Å². The van der Waals surface area contributed by atoms with E-state index in [0.717, 1.165) is 17.9 Å². The van der Waals surface area contributed by atoms with Gasteiger partial charge in [-0.25, -0.2) is 0 Å². The quantitative estimate of drug-likeness (QED) is 0.880. The number of hydrogen-bond acceptors (Lipinski definition) is 3. The van der Waals surface area contributed by atoms with Crippen molar-refractivity contribution in [1.29, 1.82) is 0 Å². The van der Waals surface area contributed by atoms with E-state index in [1.165, 1.54) is 0 Å². The van der Waals surface area contributed by atoms with Crippen molar-refractivity contribution in [2.24, 2.45) is 11.7 Å². The lowest BCUT2D eigenvalue weighted by atomic mass is 10.1. The van der Waals surface area contributed by atoms with Crippen LogP contribution in [0.3, 0.4) is 0 Å². The van der Waals surface area contributed by atoms with Crippen LogP contribution in [0.4, 0.5) is 0 Å². The number of amides is 1. The smallest absolute Gasteiger partial charge is 0.223 e. The summed E-state index contributed by atoms with van der Waals surface area (Å²) in [5.41, 5.74) is 6.75. The third-order valence-corrected chi connectivity index (χ3v) is 3.30. The third kappa shape index (κ3) is 3.70. The summed E-state index contributed by atoms with van der Waals surface area (Å²) in [6, 6.07) is 7.94. The Balaban J connectivity index is 1.94. The summed E-state index contributed by atoms with van der Waals surface area (Å²) in [7, 11) is 0. The highest BCUT2D eigenvalue weighted by Gasteiger charge is 2.28. The zero-order valence-electron chi connectivity index (χ0n) is 11.6. The van der Waals surface area contributed by atoms with E-state index < -0.39 is 0 Å². The normalized spacial score (nSPS) is 19.3. The van der Waals surface area contributed by atoms with Gasteiger partial charge in [-0.15, -0.1) is 0 Å². The molecular weight excluding hydrogens is 240 g/mol. The van der Waals surface area contributed by atoms with E-state index in [2.05, 4.69) is 0 Å². The Morgan fingerprint density at radius 3 is 2.58 bits per heavy atom. The van der Waals surface area contributed by atoms with E-state index >= 15 is 0 Å². The minimum atomic E-state index is 0.177. The number of hydrogen-bond donors (Lipinski definition) is 1. The van der Waals surface area contributed by atoms with Gasteiger partial charge in [0.25, 0.3) is 0 Å². The number of nitrogens with two attached hydrogens (primary N) is 1. The first-order chi connectivity index (χ1) is 9.08. The van der Waals surface area contributed by atoms with E-state index in [9.17, 15) is 4.79 Å². The molecule has 0 radical (unpaired) electrons. The van der Waals surface area contributed by atoms with Gasteiger partial charge in [0, 0.05) is 19.5 Å². The molecule has 1 aliphatic rings. The molecule has 19 heavy (non-hydrogen) atoms. The summed E-state index contributed by atoms with van der Waals surface area (Å²) in [6.07, 6.45) is 0.765. The van der Waals surface area contributed by atoms with Gasteiger partial charge < -0.3 is 15.4 Å². The fourth-order valence-corrected chi connectivity index (χ4v) is 2.33. The molecular formula is C15H22N2O2. The lowest BCUT2D eigenvalue weighted by Crippen LogP contribution is -2.25. The largest absolute Gasteiger partial charge is 0.491 e. The lowest BCUT2D eigenvalue weighted by Gasteiger charge is -2.17. The zero-order valence-corrected chi connectivity index (χ0v) is 11.6. The van der Waals surface area contributed by atoms with Crippen molar-refractivity contribution in [2.45, 2.75) is 32.9 Å². The number of likely N-dealkylation sites (tertiary alicyclic amines) is 1. The molecule has 1 fully saturated rings. The summed E-state index contributed by atoms with van der Waals surface area (Å²) in [6.45, 7) is 6.04. The Hall–Kier alpha value is -1.55. The van der Waals surface area contributed by atoms with Crippen molar-refractivity contribution in [2.75, 3.05) is 13.1 Å². The predicted molar refractivity (Wildman–Crippen MR) is 74.8 cm³/mol. The average molecular weight is 262 g/mol. The van der Waals surface area contributed by atoms with Crippen LogP contribution in [-0.4, -0.2) is 30.0 Å². The highest BCUT2D eigenvalue weighted by atomic mass is 16.5. The Bertz CT molecular complexity index is 428. The van der Waals surface area contributed by atoms with Crippen LogP contribution in [-0.2, 0) is 11.3 Å². The molecule has 4 heteroatoms. The molecule has 2 rings (SSSR count). The van der Waals surface area contributed by atoms with E-state index in [1.54, 1.807) is 0 Å². The number of ether oxygens (including phenoxy) is 1. The van der Waals surface area contributed by atoms with Gasteiger partial charge >= 0.3 is 0 Å². The second-order valence-corrected chi connectivity index (χ2v) is 5.39. The van der Waals surface area contributed by atoms with Crippen LogP contribution in [0.2, 0.25) is 0 Å². The first-order valence-electron chi connectivity index (χ1n) is 6.82. The molecule has 1 aromatic rings. The second kappa shape index (κ2) is 6.06. The van der Waals surface area contributed by atoms with E-state index in [4.69, 9.17) is 10.5 Å². The minimum absolute atomic E-state index is 0.177. The molecule has 4 nitrogen and oxygen atoms in total. The van der Waals surface area contributed by atoms with Crippen LogP contribution in [0.5, 0.6) is 5.75 Å². The summed E-state index contributed by atoms with van der Waals surface area (Å²) in [5.74, 6) is 1.39. The van der Waals surface area contributed by atoms with Gasteiger partial charge in [0.1, 0.15) is 5.75 Å². The molecule has 0 bridgehead atoms. The number of benzene rings is 1. The average Bonchev–Trinajstić information content (AvgIpc) is 2.72. The highest BCUT2D eigenvalue weighted by Crippen LogP contribution is 2.20. The van der Waals surface area contributed by atoms with Gasteiger partial charge in [-0.3, -0.25) is 4.79 Å². The Morgan fingerprint density at radius 1 is 1.37 bits per heavy atom. The number of carbonyl (C=O) groups excluding carboxylic acids is 1. The maximum atomic E-state index is 11.8. The van der Waals surface area contributed by atoms with Gasteiger partial charge in [0.2, 0.25) is 5.91 Å². The first-order valence-corrected chi connectivity index (χ1v) is 6.82. The van der Waals surface area contributed by atoms with Crippen LogP contribution in [0, 0.1) is 5.92 Å². The monoisotopic (exact) mass is 262 g/mol. The van der Waals surface area contributed by atoms with Crippen molar-refractivity contribution >= 4 is 5.91 Å². The fourth-order valence-electron chi connectivity index (χ4n) is 2.33. The van der Waals surface area contributed by atoms with Crippen molar-refractivity contribution in [3.8, 4) is 5.75 Å². The molecule has 1 heterocycles. The summed E-state index contributed by atoms with van der Waals surface area (Å²) in [5, 5.41) is 0. The topological polar surface area (TPSA) is 55.6 Å². The van der Waals surface area contributed by atoms with Gasteiger partial charge in [-0.1, -0.05) is 12.1 Å². The molecule has 1 aromatic carbocycles. The van der Waals surface area contributed by atoms with Crippen LogP contribution in [0.15, 0.2) is 24.3 Å². The molecule has 104 valence electrons. The Kier molecular flexibility index (Phi) is 4.43. The number of carbonyl (C=O) groups is 1. The molecule has 0 spiro atoms. The van der Waals surface area contributed by atoms with Crippen molar-refractivity contribution < 1.29 is 9.53 Å². The van der Waals surface area contributed by atoms with Gasteiger partial charge in [-0.05, 0) is 44.0 Å². The van der Waals surface area contributed by atoms with Crippen molar-refractivity contribution in [3.63, 3.8) is 0 Å². The standard InChI is InChI=1S/C15H22N2O2/c1-11(2)19-14-5-3-12(4-6-14)9-17-10-13(8-16)7-15(17)18/h3-6,11,13H,7-10,16H2,1-2H3. The maximum Gasteiger partial charge on any atom is 0.223 e. The molecule has 1 atom stereocenters. The lowest BCUT2D eigenvalue weighted by molar-refractivity contribution is -0.128. The molecule has 0 aliphatic carbocycles. The zero-order chi connectivity index (χ0) is 13.8.